The first-order valence-electron chi connectivity index (χ1n) is 7.18. The number of anilines is 1. The Morgan fingerprint density at radius 2 is 1.86 bits per heavy atom. The molecule has 1 aromatic rings. The van der Waals surface area contributed by atoms with E-state index in [-0.39, 0.29) is 5.91 Å². The van der Waals surface area contributed by atoms with E-state index in [2.05, 4.69) is 15.5 Å². The number of carbonyl (C=O) groups excluding carboxylic acids is 2. The quantitative estimate of drug-likeness (QED) is 0.831. The maximum Gasteiger partial charge on any atom is 0.325 e. The van der Waals surface area contributed by atoms with Gasteiger partial charge < -0.3 is 10.2 Å². The molecule has 1 heterocycles. The number of benzene rings is 1. The van der Waals surface area contributed by atoms with Crippen LogP contribution in [0.5, 0.6) is 0 Å². The van der Waals surface area contributed by atoms with Gasteiger partial charge >= 0.3 is 6.03 Å². The molecule has 1 saturated heterocycles. The number of carbonyl (C=O) groups is 2. The fourth-order valence-electron chi connectivity index (χ4n) is 2.08. The number of hydrogen-bond acceptors (Lipinski definition) is 4. The third-order valence-corrected chi connectivity index (χ3v) is 4.85. The van der Waals surface area contributed by atoms with Crippen LogP contribution in [0.3, 0.4) is 0 Å². The molecule has 0 spiro atoms. The lowest BCUT2D eigenvalue weighted by Gasteiger charge is -2.20. The van der Waals surface area contributed by atoms with E-state index in [1.165, 1.54) is 11.8 Å². The Bertz CT molecular complexity index is 545. The molecule has 1 aliphatic rings. The molecule has 0 radical (unpaired) electrons. The minimum atomic E-state index is -0.532. The predicted molar refractivity (Wildman–Crippen MR) is 94.1 cm³/mol. The first-order valence-corrected chi connectivity index (χ1v) is 8.47. The van der Waals surface area contributed by atoms with Gasteiger partial charge in [0.2, 0.25) is 5.91 Å². The van der Waals surface area contributed by atoms with E-state index in [0.29, 0.717) is 5.69 Å². The largest absolute Gasteiger partial charge is 0.358 e. The Morgan fingerprint density at radius 3 is 2.50 bits per heavy atom. The van der Waals surface area contributed by atoms with Gasteiger partial charge in [0.1, 0.15) is 4.32 Å². The smallest absolute Gasteiger partial charge is 0.325 e. The second-order valence-corrected chi connectivity index (χ2v) is 7.00. The van der Waals surface area contributed by atoms with Crippen LogP contribution in [0, 0.1) is 0 Å². The average molecular weight is 337 g/mol. The van der Waals surface area contributed by atoms with Gasteiger partial charge in [-0.25, -0.2) is 4.79 Å². The number of nitrogens with zero attached hydrogens (tertiary/aromatic N) is 1. The fourth-order valence-corrected chi connectivity index (χ4v) is 3.49. The minimum Gasteiger partial charge on any atom is -0.358 e. The van der Waals surface area contributed by atoms with Crippen LogP contribution in [-0.4, -0.2) is 39.5 Å². The monoisotopic (exact) mass is 337 g/mol. The zero-order chi connectivity index (χ0) is 15.9. The van der Waals surface area contributed by atoms with Crippen LogP contribution in [0.4, 0.5) is 10.5 Å². The van der Waals surface area contributed by atoms with Crippen molar-refractivity contribution in [2.24, 2.45) is 0 Å². The number of hydrogen-bond donors (Lipinski definition) is 2. The van der Waals surface area contributed by atoms with Crippen LogP contribution >= 0.6 is 24.0 Å². The fraction of sp³-hybridized carbons (Fsp3) is 0.400. The van der Waals surface area contributed by atoms with Crippen LogP contribution in [-0.2, 0) is 4.79 Å². The van der Waals surface area contributed by atoms with Gasteiger partial charge in [-0.05, 0) is 31.9 Å². The van der Waals surface area contributed by atoms with Gasteiger partial charge in [0.05, 0.1) is 5.25 Å². The zero-order valence-electron chi connectivity index (χ0n) is 12.4. The van der Waals surface area contributed by atoms with Gasteiger partial charge in [-0.1, -0.05) is 42.2 Å². The first kappa shape index (κ1) is 16.8. The summed E-state index contributed by atoms with van der Waals surface area (Å²) >= 11 is 6.65. The second kappa shape index (κ2) is 8.14. The molecule has 0 saturated carbocycles. The molecule has 0 bridgehead atoms. The van der Waals surface area contributed by atoms with E-state index in [9.17, 15) is 9.59 Å². The van der Waals surface area contributed by atoms with Gasteiger partial charge in [-0.3, -0.25) is 10.1 Å². The number of rotatable bonds is 3. The molecular weight excluding hydrogens is 318 g/mol. The molecule has 2 N–H and O–H groups in total. The maximum atomic E-state index is 12.0. The summed E-state index contributed by atoms with van der Waals surface area (Å²) in [5.41, 5.74) is 0.640. The van der Waals surface area contributed by atoms with Crippen LogP contribution in [0.1, 0.15) is 19.8 Å². The third kappa shape index (κ3) is 4.99. The standard InChI is InChI=1S/C15H19N3O2S2/c1-11(22-15(21)18-9-5-6-10-18)13(19)17-14(20)16-12-7-3-2-4-8-12/h2-4,7-8,11H,5-6,9-10H2,1H3,(H2,16,17,19,20). The molecule has 118 valence electrons. The maximum absolute atomic E-state index is 12.0. The third-order valence-electron chi connectivity index (χ3n) is 3.28. The number of thiocarbonyl (C=S) groups is 1. The highest BCUT2D eigenvalue weighted by Gasteiger charge is 2.22. The van der Waals surface area contributed by atoms with E-state index < -0.39 is 11.3 Å². The number of nitrogens with one attached hydrogen (secondary N) is 2. The number of para-hydroxylation sites is 1. The summed E-state index contributed by atoms with van der Waals surface area (Å²) in [5, 5.41) is 4.54. The molecule has 3 amide bonds. The van der Waals surface area contributed by atoms with Crippen LogP contribution in [0.15, 0.2) is 30.3 Å². The lowest BCUT2D eigenvalue weighted by molar-refractivity contribution is -0.119. The Labute approximate surface area is 139 Å². The molecule has 0 aliphatic carbocycles. The van der Waals surface area contributed by atoms with E-state index >= 15 is 0 Å². The highest BCUT2D eigenvalue weighted by molar-refractivity contribution is 8.23. The van der Waals surface area contributed by atoms with Crippen LogP contribution < -0.4 is 10.6 Å². The molecule has 2 rings (SSSR count). The highest BCUT2D eigenvalue weighted by Crippen LogP contribution is 2.20. The Balaban J connectivity index is 1.78. The highest BCUT2D eigenvalue weighted by atomic mass is 32.2. The Hall–Kier alpha value is -1.60. The van der Waals surface area contributed by atoms with Gasteiger partial charge in [0, 0.05) is 18.8 Å². The number of amides is 3. The van der Waals surface area contributed by atoms with Crippen LogP contribution in [0.25, 0.3) is 0 Å². The summed E-state index contributed by atoms with van der Waals surface area (Å²) in [6.45, 7) is 3.65. The second-order valence-electron chi connectivity index (χ2n) is 5.03. The lowest BCUT2D eigenvalue weighted by Crippen LogP contribution is -2.40. The van der Waals surface area contributed by atoms with E-state index in [4.69, 9.17) is 12.2 Å². The SMILES string of the molecule is CC(SC(=S)N1CCCC1)C(=O)NC(=O)Nc1ccccc1. The van der Waals surface area contributed by atoms with Crippen molar-refractivity contribution in [2.75, 3.05) is 18.4 Å². The predicted octanol–water partition coefficient (Wildman–Crippen LogP) is 2.84. The van der Waals surface area contributed by atoms with Crippen molar-refractivity contribution in [3.63, 3.8) is 0 Å². The Kier molecular flexibility index (Phi) is 6.21. The lowest BCUT2D eigenvalue weighted by atomic mass is 10.3. The van der Waals surface area contributed by atoms with Crippen molar-refractivity contribution in [2.45, 2.75) is 25.0 Å². The molecule has 0 aromatic heterocycles. The summed E-state index contributed by atoms with van der Waals surface area (Å²) in [5.74, 6) is -0.347. The number of thioether (sulfide) groups is 1. The van der Waals surface area contributed by atoms with E-state index in [1.807, 2.05) is 18.2 Å². The molecule has 1 aromatic carbocycles. The molecule has 1 atom stereocenters. The normalized spacial score (nSPS) is 15.2. The topological polar surface area (TPSA) is 61.4 Å². The summed E-state index contributed by atoms with van der Waals surface area (Å²) in [7, 11) is 0. The molecule has 1 aliphatic heterocycles. The number of likely N-dealkylation sites (tertiary alicyclic amines) is 1. The number of imide groups is 1. The van der Waals surface area contributed by atoms with E-state index in [1.54, 1.807) is 19.1 Å². The molecular formula is C15H19N3O2S2. The molecule has 7 heteroatoms. The van der Waals surface area contributed by atoms with Crippen molar-refractivity contribution < 1.29 is 9.59 Å². The van der Waals surface area contributed by atoms with Gasteiger partial charge in [0.15, 0.2) is 0 Å². The summed E-state index contributed by atoms with van der Waals surface area (Å²) in [6.07, 6.45) is 2.28. The zero-order valence-corrected chi connectivity index (χ0v) is 14.0. The molecule has 1 fully saturated rings. The van der Waals surface area contributed by atoms with Crippen molar-refractivity contribution in [1.29, 1.82) is 0 Å². The van der Waals surface area contributed by atoms with Crippen LogP contribution in [0.2, 0.25) is 0 Å². The molecule has 22 heavy (non-hydrogen) atoms. The summed E-state index contributed by atoms with van der Waals surface area (Å²) < 4.78 is 0.726. The van der Waals surface area contributed by atoms with Gasteiger partial charge in [-0.15, -0.1) is 0 Å². The van der Waals surface area contributed by atoms with Crippen molar-refractivity contribution in [3.05, 3.63) is 30.3 Å². The summed E-state index contributed by atoms with van der Waals surface area (Å²) in [6, 6.07) is 8.45. The average Bonchev–Trinajstić information content (AvgIpc) is 3.02. The van der Waals surface area contributed by atoms with Gasteiger partial charge in [-0.2, -0.15) is 0 Å². The number of urea groups is 1. The molecule has 5 nitrogen and oxygen atoms in total. The van der Waals surface area contributed by atoms with Gasteiger partial charge in [0.25, 0.3) is 0 Å². The minimum absolute atomic E-state index is 0.347. The molecule has 1 unspecified atom stereocenters. The first-order chi connectivity index (χ1) is 10.6. The van der Waals surface area contributed by atoms with Crippen molar-refractivity contribution in [1.82, 2.24) is 10.2 Å². The Morgan fingerprint density at radius 1 is 1.23 bits per heavy atom. The van der Waals surface area contributed by atoms with E-state index in [0.717, 1.165) is 30.3 Å². The van der Waals surface area contributed by atoms with Crippen molar-refractivity contribution in [3.8, 4) is 0 Å². The van der Waals surface area contributed by atoms with Crippen molar-refractivity contribution >= 4 is 45.9 Å². The summed E-state index contributed by atoms with van der Waals surface area (Å²) in [4.78, 5) is 25.9.